The Morgan fingerprint density at radius 1 is 1.19 bits per heavy atom. The molecule has 0 radical (unpaired) electrons. The van der Waals surface area contributed by atoms with E-state index in [1.807, 2.05) is 41.0 Å². The van der Waals surface area contributed by atoms with Gasteiger partial charge in [0.1, 0.15) is 0 Å². The number of rotatable bonds is 2. The molecule has 1 N–H and O–H groups in total. The van der Waals surface area contributed by atoms with Crippen molar-refractivity contribution in [2.24, 2.45) is 0 Å². The van der Waals surface area contributed by atoms with Gasteiger partial charge in [0.25, 0.3) is 0 Å². The number of fused-ring (bicyclic) bond motifs is 2. The van der Waals surface area contributed by atoms with E-state index in [9.17, 15) is 0 Å². The highest BCUT2D eigenvalue weighted by molar-refractivity contribution is 7.71. The van der Waals surface area contributed by atoms with E-state index in [-0.39, 0.29) is 6.79 Å². The Hall–Kier alpha value is -1.98. The molecule has 0 fully saturated rings. The smallest absolute Gasteiger partial charge is 0.231 e. The summed E-state index contributed by atoms with van der Waals surface area (Å²) in [5.41, 5.74) is 2.95. The highest BCUT2D eigenvalue weighted by Crippen LogP contribution is 2.33. The zero-order chi connectivity index (χ0) is 14.4. The van der Waals surface area contributed by atoms with Crippen LogP contribution in [0.1, 0.15) is 5.56 Å². The van der Waals surface area contributed by atoms with Gasteiger partial charge in [-0.25, -0.2) is 0 Å². The van der Waals surface area contributed by atoms with Gasteiger partial charge in [0.15, 0.2) is 16.3 Å². The number of nitrogens with one attached hydrogen (secondary N) is 1. The Morgan fingerprint density at radius 2 is 2.05 bits per heavy atom. The molecule has 1 aliphatic rings. The quantitative estimate of drug-likeness (QED) is 0.722. The third-order valence-electron chi connectivity index (χ3n) is 3.54. The largest absolute Gasteiger partial charge is 0.454 e. The van der Waals surface area contributed by atoms with E-state index in [4.69, 9.17) is 33.3 Å². The number of aromatic amines is 1. The summed E-state index contributed by atoms with van der Waals surface area (Å²) in [6.07, 6.45) is 0. The molecule has 2 heterocycles. The fraction of sp³-hybridized carbons (Fsp3) is 0.133. The molecule has 4 rings (SSSR count). The molecular formula is C15H11ClN2O2S. The fourth-order valence-electron chi connectivity index (χ4n) is 2.52. The average molecular weight is 319 g/mol. The number of ether oxygens (including phenoxy) is 2. The van der Waals surface area contributed by atoms with Gasteiger partial charge in [-0.15, -0.1) is 0 Å². The van der Waals surface area contributed by atoms with E-state index in [2.05, 4.69) is 4.98 Å². The number of nitrogens with zero attached hydrogens (tertiary/aromatic N) is 1. The van der Waals surface area contributed by atoms with Crippen LogP contribution in [0.5, 0.6) is 11.5 Å². The number of hydrogen-bond acceptors (Lipinski definition) is 3. The number of halogens is 1. The van der Waals surface area contributed by atoms with E-state index in [0.717, 1.165) is 28.1 Å². The van der Waals surface area contributed by atoms with Crippen LogP contribution in [-0.2, 0) is 6.54 Å². The summed E-state index contributed by atoms with van der Waals surface area (Å²) >= 11 is 11.6. The second kappa shape index (κ2) is 4.79. The first-order valence-electron chi connectivity index (χ1n) is 6.48. The van der Waals surface area contributed by atoms with Gasteiger partial charge in [-0.05, 0) is 42.0 Å². The van der Waals surface area contributed by atoms with E-state index in [1.165, 1.54) is 0 Å². The molecular weight excluding hydrogens is 308 g/mol. The summed E-state index contributed by atoms with van der Waals surface area (Å²) in [6, 6.07) is 11.7. The van der Waals surface area contributed by atoms with Crippen molar-refractivity contribution in [3.63, 3.8) is 0 Å². The molecule has 1 aliphatic heterocycles. The lowest BCUT2D eigenvalue weighted by Gasteiger charge is -2.06. The zero-order valence-corrected chi connectivity index (χ0v) is 12.5. The Morgan fingerprint density at radius 3 is 2.95 bits per heavy atom. The Bertz CT molecular complexity index is 900. The van der Waals surface area contributed by atoms with Crippen molar-refractivity contribution in [1.29, 1.82) is 0 Å². The zero-order valence-electron chi connectivity index (χ0n) is 10.9. The van der Waals surface area contributed by atoms with Crippen LogP contribution in [-0.4, -0.2) is 16.3 Å². The Kier molecular flexibility index (Phi) is 2.90. The summed E-state index contributed by atoms with van der Waals surface area (Å²) in [5, 5.41) is 0.669. The summed E-state index contributed by atoms with van der Waals surface area (Å²) < 4.78 is 13.4. The highest BCUT2D eigenvalue weighted by Gasteiger charge is 2.14. The van der Waals surface area contributed by atoms with E-state index in [0.29, 0.717) is 16.3 Å². The molecule has 0 spiro atoms. The fourth-order valence-corrected chi connectivity index (χ4v) is 3.01. The van der Waals surface area contributed by atoms with Gasteiger partial charge in [-0.1, -0.05) is 23.7 Å². The normalized spacial score (nSPS) is 13.0. The van der Waals surface area contributed by atoms with Crippen LogP contribution in [0.25, 0.3) is 11.0 Å². The molecule has 1 aromatic heterocycles. The topological polar surface area (TPSA) is 39.2 Å². The Balaban J connectivity index is 1.79. The molecule has 0 unspecified atom stereocenters. The maximum atomic E-state index is 6.19. The van der Waals surface area contributed by atoms with E-state index in [1.54, 1.807) is 0 Å². The molecule has 4 nitrogen and oxygen atoms in total. The average Bonchev–Trinajstić information content (AvgIpc) is 3.05. The minimum atomic E-state index is 0.279. The summed E-state index contributed by atoms with van der Waals surface area (Å²) in [5.74, 6) is 1.56. The lowest BCUT2D eigenvalue weighted by molar-refractivity contribution is 0.174. The molecule has 0 atom stereocenters. The van der Waals surface area contributed by atoms with Gasteiger partial charge in [-0.2, -0.15) is 0 Å². The van der Waals surface area contributed by atoms with Crippen molar-refractivity contribution >= 4 is 34.9 Å². The standard InChI is InChI=1S/C15H11ClN2O2S/c16-10-2-1-3-11-14(10)17-15(21)18(11)7-9-4-5-12-13(6-9)20-8-19-12/h1-6H,7-8H2,(H,17,21). The number of aromatic nitrogens is 2. The van der Waals surface area contributed by atoms with E-state index < -0.39 is 0 Å². The first kappa shape index (κ1) is 12.7. The van der Waals surface area contributed by atoms with Gasteiger partial charge >= 0.3 is 0 Å². The maximum absolute atomic E-state index is 6.19. The van der Waals surface area contributed by atoms with Gasteiger partial charge in [0, 0.05) is 0 Å². The number of imidazole rings is 1. The SMILES string of the molecule is S=c1[nH]c2c(Cl)cccc2n1Cc1ccc2c(c1)OCO2. The number of para-hydroxylation sites is 1. The van der Waals surface area contributed by atoms with Crippen molar-refractivity contribution < 1.29 is 9.47 Å². The summed E-state index contributed by atoms with van der Waals surface area (Å²) in [4.78, 5) is 3.16. The van der Waals surface area contributed by atoms with Crippen molar-refractivity contribution in [3.8, 4) is 11.5 Å². The predicted octanol–water partition coefficient (Wildman–Crippen LogP) is 4.13. The molecule has 0 aliphatic carbocycles. The lowest BCUT2D eigenvalue weighted by Crippen LogP contribution is -1.99. The van der Waals surface area contributed by atoms with Crippen molar-refractivity contribution in [3.05, 3.63) is 51.8 Å². The number of benzene rings is 2. The van der Waals surface area contributed by atoms with Crippen molar-refractivity contribution in [1.82, 2.24) is 9.55 Å². The highest BCUT2D eigenvalue weighted by atomic mass is 35.5. The predicted molar refractivity (Wildman–Crippen MR) is 83.8 cm³/mol. The van der Waals surface area contributed by atoms with Crippen LogP contribution in [0.4, 0.5) is 0 Å². The van der Waals surface area contributed by atoms with Gasteiger partial charge in [0.2, 0.25) is 6.79 Å². The molecule has 3 aromatic rings. The van der Waals surface area contributed by atoms with Crippen molar-refractivity contribution in [2.45, 2.75) is 6.54 Å². The molecule has 6 heteroatoms. The summed E-state index contributed by atoms with van der Waals surface area (Å²) in [7, 11) is 0. The number of H-pyrrole nitrogens is 1. The molecule has 21 heavy (non-hydrogen) atoms. The molecule has 0 bridgehead atoms. The molecule has 0 saturated heterocycles. The van der Waals surface area contributed by atoms with Crippen molar-refractivity contribution in [2.75, 3.05) is 6.79 Å². The monoisotopic (exact) mass is 318 g/mol. The molecule has 0 saturated carbocycles. The minimum Gasteiger partial charge on any atom is -0.454 e. The van der Waals surface area contributed by atoms with Crippen LogP contribution >= 0.6 is 23.8 Å². The van der Waals surface area contributed by atoms with Crippen LogP contribution in [0.3, 0.4) is 0 Å². The lowest BCUT2D eigenvalue weighted by atomic mass is 10.2. The molecule has 106 valence electrons. The van der Waals surface area contributed by atoms with Gasteiger partial charge in [0.05, 0.1) is 22.6 Å². The third kappa shape index (κ3) is 2.09. The minimum absolute atomic E-state index is 0.279. The van der Waals surface area contributed by atoms with Crippen LogP contribution in [0.15, 0.2) is 36.4 Å². The first-order valence-corrected chi connectivity index (χ1v) is 7.26. The van der Waals surface area contributed by atoms with E-state index >= 15 is 0 Å². The maximum Gasteiger partial charge on any atom is 0.231 e. The first-order chi connectivity index (χ1) is 10.2. The second-order valence-corrected chi connectivity index (χ2v) is 5.63. The van der Waals surface area contributed by atoms with Gasteiger partial charge in [-0.3, -0.25) is 0 Å². The Labute approximate surface area is 130 Å². The molecule has 0 amide bonds. The van der Waals surface area contributed by atoms with Crippen LogP contribution in [0.2, 0.25) is 5.02 Å². The summed E-state index contributed by atoms with van der Waals surface area (Å²) in [6.45, 7) is 0.927. The van der Waals surface area contributed by atoms with Gasteiger partial charge < -0.3 is 19.0 Å². The third-order valence-corrected chi connectivity index (χ3v) is 4.17. The number of hydrogen-bond donors (Lipinski definition) is 1. The van der Waals surface area contributed by atoms with Crippen LogP contribution < -0.4 is 9.47 Å². The molecule has 2 aromatic carbocycles. The second-order valence-electron chi connectivity index (χ2n) is 4.84. The van der Waals surface area contributed by atoms with Crippen LogP contribution in [0, 0.1) is 4.77 Å².